The van der Waals surface area contributed by atoms with Crippen LogP contribution in [0.25, 0.3) is 0 Å². The molecule has 1 aromatic heterocycles. The van der Waals surface area contributed by atoms with Crippen molar-refractivity contribution in [1.82, 2.24) is 9.55 Å². The maximum Gasteiger partial charge on any atom is 0.573 e. The molecule has 1 aliphatic heterocycles. The Morgan fingerprint density at radius 2 is 2.04 bits per heavy atom. The molecule has 3 rings (SSSR count). The zero-order valence-electron chi connectivity index (χ0n) is 15.1. The highest BCUT2D eigenvalue weighted by atomic mass is 32.2. The summed E-state index contributed by atoms with van der Waals surface area (Å²) < 4.78 is 41.8. The van der Waals surface area contributed by atoms with E-state index in [-0.39, 0.29) is 35.6 Å². The van der Waals surface area contributed by atoms with E-state index < -0.39 is 6.36 Å². The minimum absolute atomic E-state index is 0.0589. The molecule has 2 heterocycles. The third-order valence-corrected chi connectivity index (χ3v) is 5.19. The van der Waals surface area contributed by atoms with Gasteiger partial charge in [-0.2, -0.15) is 0 Å². The van der Waals surface area contributed by atoms with Gasteiger partial charge in [0.1, 0.15) is 5.75 Å². The molecule has 0 fully saturated rings. The SMILES string of the molecule is CC(C)c1cc(=O)n2c(n1)SC[C@@H]2CC(=O)Nc1ccc(OC(F)(F)F)cc1. The normalized spacial score (nSPS) is 16.1. The number of benzene rings is 1. The van der Waals surface area contributed by atoms with Gasteiger partial charge in [-0.3, -0.25) is 14.2 Å². The first-order valence-electron chi connectivity index (χ1n) is 8.54. The first kappa shape index (κ1) is 20.2. The van der Waals surface area contributed by atoms with E-state index in [4.69, 9.17) is 0 Å². The summed E-state index contributed by atoms with van der Waals surface area (Å²) >= 11 is 1.43. The lowest BCUT2D eigenvalue weighted by molar-refractivity contribution is -0.274. The lowest BCUT2D eigenvalue weighted by Gasteiger charge is -2.14. The lowest BCUT2D eigenvalue weighted by atomic mass is 10.1. The van der Waals surface area contributed by atoms with Crippen LogP contribution >= 0.6 is 11.8 Å². The molecule has 150 valence electrons. The zero-order chi connectivity index (χ0) is 20.5. The largest absolute Gasteiger partial charge is 0.573 e. The quantitative estimate of drug-likeness (QED) is 0.752. The second kappa shape index (κ2) is 7.86. The van der Waals surface area contributed by atoms with Crippen molar-refractivity contribution in [3.8, 4) is 5.75 Å². The predicted octanol–water partition coefficient (Wildman–Crippen LogP) is 3.94. The first-order valence-corrected chi connectivity index (χ1v) is 9.53. The molecular formula is C18H18F3N3O3S. The summed E-state index contributed by atoms with van der Waals surface area (Å²) in [5, 5.41) is 3.22. The molecule has 10 heteroatoms. The summed E-state index contributed by atoms with van der Waals surface area (Å²) in [5.74, 6) is -0.0333. The van der Waals surface area contributed by atoms with Gasteiger partial charge in [-0.1, -0.05) is 25.6 Å². The van der Waals surface area contributed by atoms with E-state index in [1.807, 2.05) is 13.8 Å². The van der Waals surface area contributed by atoms with Crippen LogP contribution in [-0.4, -0.2) is 27.6 Å². The average molecular weight is 413 g/mol. The Hall–Kier alpha value is -2.49. The number of thioether (sulfide) groups is 1. The summed E-state index contributed by atoms with van der Waals surface area (Å²) in [4.78, 5) is 29.2. The highest BCUT2D eigenvalue weighted by Crippen LogP contribution is 2.33. The van der Waals surface area contributed by atoms with Gasteiger partial charge in [0.2, 0.25) is 5.91 Å². The Bertz CT molecular complexity index is 926. The average Bonchev–Trinajstić information content (AvgIpc) is 2.98. The molecule has 1 aromatic carbocycles. The van der Waals surface area contributed by atoms with Crippen molar-refractivity contribution >= 4 is 23.4 Å². The Morgan fingerprint density at radius 3 is 2.64 bits per heavy atom. The number of hydrogen-bond acceptors (Lipinski definition) is 5. The number of amides is 1. The van der Waals surface area contributed by atoms with Gasteiger partial charge in [-0.15, -0.1) is 13.2 Å². The molecule has 2 aromatic rings. The first-order chi connectivity index (χ1) is 13.1. The summed E-state index contributed by atoms with van der Waals surface area (Å²) in [6, 6.07) is 6.04. The fraction of sp³-hybridized carbons (Fsp3) is 0.389. The Morgan fingerprint density at radius 1 is 1.36 bits per heavy atom. The lowest BCUT2D eigenvalue weighted by Crippen LogP contribution is -2.28. The minimum Gasteiger partial charge on any atom is -0.406 e. The molecule has 6 nitrogen and oxygen atoms in total. The van der Waals surface area contributed by atoms with E-state index >= 15 is 0 Å². The van der Waals surface area contributed by atoms with Crippen molar-refractivity contribution in [2.75, 3.05) is 11.1 Å². The maximum absolute atomic E-state index is 12.4. The van der Waals surface area contributed by atoms with E-state index in [2.05, 4.69) is 15.0 Å². The van der Waals surface area contributed by atoms with E-state index in [0.717, 1.165) is 17.8 Å². The molecule has 0 radical (unpaired) electrons. The van der Waals surface area contributed by atoms with Crippen molar-refractivity contribution in [3.63, 3.8) is 0 Å². The summed E-state index contributed by atoms with van der Waals surface area (Å²) in [5.41, 5.74) is 0.867. The molecule has 1 aliphatic rings. The minimum atomic E-state index is -4.77. The van der Waals surface area contributed by atoms with Crippen molar-refractivity contribution in [3.05, 3.63) is 46.4 Å². The zero-order valence-corrected chi connectivity index (χ0v) is 15.9. The van der Waals surface area contributed by atoms with Crippen LogP contribution in [0.5, 0.6) is 5.75 Å². The predicted molar refractivity (Wildman–Crippen MR) is 98.7 cm³/mol. The van der Waals surface area contributed by atoms with Gasteiger partial charge in [0.05, 0.1) is 11.7 Å². The summed E-state index contributed by atoms with van der Waals surface area (Å²) in [6.07, 6.45) is -4.71. The monoisotopic (exact) mass is 413 g/mol. The van der Waals surface area contributed by atoms with Gasteiger partial charge >= 0.3 is 6.36 Å². The van der Waals surface area contributed by atoms with E-state index in [9.17, 15) is 22.8 Å². The van der Waals surface area contributed by atoms with Crippen LogP contribution in [0.4, 0.5) is 18.9 Å². The smallest absolute Gasteiger partial charge is 0.406 e. The highest BCUT2D eigenvalue weighted by Gasteiger charge is 2.31. The number of anilines is 1. The molecule has 1 N–H and O–H groups in total. The van der Waals surface area contributed by atoms with Crippen LogP contribution in [0, 0.1) is 0 Å². The Balaban J connectivity index is 1.65. The molecule has 0 bridgehead atoms. The number of aromatic nitrogens is 2. The number of halogens is 3. The Kier molecular flexibility index (Phi) is 5.69. The fourth-order valence-electron chi connectivity index (χ4n) is 2.78. The maximum atomic E-state index is 12.4. The third kappa shape index (κ3) is 4.86. The molecule has 1 amide bonds. The van der Waals surface area contributed by atoms with Crippen molar-refractivity contribution in [1.29, 1.82) is 0 Å². The van der Waals surface area contributed by atoms with Crippen molar-refractivity contribution in [2.24, 2.45) is 0 Å². The molecule has 28 heavy (non-hydrogen) atoms. The van der Waals surface area contributed by atoms with Gasteiger partial charge in [-0.25, -0.2) is 4.98 Å². The number of ether oxygens (including phenoxy) is 1. The number of rotatable bonds is 5. The molecule has 0 spiro atoms. The van der Waals surface area contributed by atoms with Crippen LogP contribution < -0.4 is 15.6 Å². The fourth-order valence-corrected chi connectivity index (χ4v) is 3.94. The third-order valence-electron chi connectivity index (χ3n) is 4.09. The van der Waals surface area contributed by atoms with Crippen LogP contribution in [0.15, 0.2) is 40.3 Å². The number of carbonyl (C=O) groups is 1. The van der Waals surface area contributed by atoms with Crippen LogP contribution in [0.3, 0.4) is 0 Å². The van der Waals surface area contributed by atoms with Gasteiger partial charge in [-0.05, 0) is 30.2 Å². The number of fused-ring (bicyclic) bond motifs is 1. The van der Waals surface area contributed by atoms with Gasteiger partial charge in [0, 0.05) is 23.9 Å². The van der Waals surface area contributed by atoms with Crippen molar-refractivity contribution in [2.45, 2.75) is 43.7 Å². The van der Waals surface area contributed by atoms with E-state index in [1.165, 1.54) is 34.5 Å². The van der Waals surface area contributed by atoms with E-state index in [0.29, 0.717) is 16.6 Å². The second-order valence-corrected chi connectivity index (χ2v) is 7.60. The number of carbonyl (C=O) groups excluding carboxylic acids is 1. The highest BCUT2D eigenvalue weighted by molar-refractivity contribution is 7.99. The van der Waals surface area contributed by atoms with Crippen LogP contribution in [-0.2, 0) is 4.79 Å². The molecule has 0 saturated carbocycles. The number of nitrogens with zero attached hydrogens (tertiary/aromatic N) is 2. The standard InChI is InChI=1S/C18H18F3N3O3S/c1-10(2)14-8-16(26)24-12(9-28-17(24)23-14)7-15(25)22-11-3-5-13(6-4-11)27-18(19,20)21/h3-6,8,10,12H,7,9H2,1-2H3,(H,22,25)/t12-/m0/s1. The topological polar surface area (TPSA) is 73.2 Å². The molecule has 0 unspecified atom stereocenters. The van der Waals surface area contributed by atoms with Crippen LogP contribution in [0.1, 0.15) is 37.9 Å². The van der Waals surface area contributed by atoms with Crippen LogP contribution in [0.2, 0.25) is 0 Å². The molecule has 1 atom stereocenters. The second-order valence-electron chi connectivity index (χ2n) is 6.62. The number of alkyl halides is 3. The number of hydrogen-bond donors (Lipinski definition) is 1. The van der Waals surface area contributed by atoms with E-state index in [1.54, 1.807) is 0 Å². The Labute approximate surface area is 163 Å². The summed E-state index contributed by atoms with van der Waals surface area (Å²) in [7, 11) is 0. The molecule has 0 saturated heterocycles. The number of nitrogens with one attached hydrogen (secondary N) is 1. The summed E-state index contributed by atoms with van der Waals surface area (Å²) in [6.45, 7) is 3.91. The van der Waals surface area contributed by atoms with Crippen molar-refractivity contribution < 1.29 is 22.7 Å². The molecular weight excluding hydrogens is 395 g/mol. The van der Waals surface area contributed by atoms with Gasteiger partial charge in [0.25, 0.3) is 5.56 Å². The van der Waals surface area contributed by atoms with Gasteiger partial charge in [0.15, 0.2) is 5.16 Å². The van der Waals surface area contributed by atoms with Gasteiger partial charge < -0.3 is 10.1 Å². The molecule has 0 aliphatic carbocycles.